The molecular weight excluding hydrogens is 492 g/mol. The molecule has 2 fully saturated rings. The van der Waals surface area contributed by atoms with Gasteiger partial charge in [-0.25, -0.2) is 0 Å². The normalized spacial score (nSPS) is 21.8. The van der Waals surface area contributed by atoms with Crippen molar-refractivity contribution in [1.29, 1.82) is 0 Å². The van der Waals surface area contributed by atoms with Crippen molar-refractivity contribution < 1.29 is 33.2 Å². The van der Waals surface area contributed by atoms with Crippen molar-refractivity contribution in [2.24, 2.45) is 11.8 Å². The highest BCUT2D eigenvalue weighted by atomic mass is 16.6. The Labute approximate surface area is 224 Å². The maximum atomic E-state index is 13.6. The first-order valence-corrected chi connectivity index (χ1v) is 13.5. The second kappa shape index (κ2) is 13.3. The zero-order valence-electron chi connectivity index (χ0n) is 23.1. The first-order valence-electron chi connectivity index (χ1n) is 13.5. The molecule has 11 nitrogen and oxygen atoms in total. The summed E-state index contributed by atoms with van der Waals surface area (Å²) in [5.74, 6) is -0.816. The Hall–Kier alpha value is -2.79. The highest BCUT2D eigenvalue weighted by molar-refractivity contribution is 5.99. The van der Waals surface area contributed by atoms with Gasteiger partial charge in [0.05, 0.1) is 19.3 Å². The zero-order chi connectivity index (χ0) is 27.9. The molecule has 0 radical (unpaired) electrons. The SMILES string of the molecule is COC[C@H](NC(=O)c1cc(C)on1)C(=O)N[C@@H](CC1CCCCC1)C(=O)N[C@@H](CC(C)C)C(=O)[C@]1(C)CO1. The molecule has 1 aliphatic carbocycles. The smallest absolute Gasteiger partial charge is 0.274 e. The summed E-state index contributed by atoms with van der Waals surface area (Å²) in [5, 5.41) is 12.0. The number of rotatable bonds is 14. The van der Waals surface area contributed by atoms with Crippen LogP contribution in [0.4, 0.5) is 0 Å². The van der Waals surface area contributed by atoms with Crippen molar-refractivity contribution in [3.8, 4) is 0 Å². The molecule has 2 aliphatic rings. The molecule has 1 aromatic rings. The number of carbonyl (C=O) groups excluding carboxylic acids is 4. The van der Waals surface area contributed by atoms with E-state index >= 15 is 0 Å². The molecule has 1 saturated carbocycles. The zero-order valence-corrected chi connectivity index (χ0v) is 23.1. The van der Waals surface area contributed by atoms with Gasteiger partial charge >= 0.3 is 0 Å². The number of nitrogens with zero attached hydrogens (tertiary/aromatic N) is 1. The number of ether oxygens (including phenoxy) is 2. The van der Waals surface area contributed by atoms with E-state index in [2.05, 4.69) is 21.1 Å². The molecule has 0 unspecified atom stereocenters. The van der Waals surface area contributed by atoms with Crippen molar-refractivity contribution in [2.45, 2.75) is 96.4 Å². The summed E-state index contributed by atoms with van der Waals surface area (Å²) in [5.41, 5.74) is -0.832. The maximum Gasteiger partial charge on any atom is 0.274 e. The molecule has 4 atom stereocenters. The number of methoxy groups -OCH3 is 1. The quantitative estimate of drug-likeness (QED) is 0.307. The minimum atomic E-state index is -1.06. The van der Waals surface area contributed by atoms with Crippen LogP contribution in [0.3, 0.4) is 0 Å². The number of aromatic nitrogens is 1. The molecule has 0 spiro atoms. The number of Topliss-reactive ketones (excluding diaryl/α,β-unsaturated/α-hetero) is 1. The predicted octanol–water partition coefficient (Wildman–Crippen LogP) is 2.07. The molecule has 3 N–H and O–H groups in total. The van der Waals surface area contributed by atoms with Gasteiger partial charge in [-0.3, -0.25) is 19.2 Å². The maximum absolute atomic E-state index is 13.6. The van der Waals surface area contributed by atoms with Crippen LogP contribution in [0, 0.1) is 18.8 Å². The fourth-order valence-corrected chi connectivity index (χ4v) is 4.91. The minimum absolute atomic E-state index is 0.0405. The lowest BCUT2D eigenvalue weighted by atomic mass is 9.84. The summed E-state index contributed by atoms with van der Waals surface area (Å²) in [6.45, 7) is 7.59. The number of nitrogens with one attached hydrogen (secondary N) is 3. The van der Waals surface area contributed by atoms with E-state index in [1.807, 2.05) is 13.8 Å². The van der Waals surface area contributed by atoms with Gasteiger partial charge in [0.2, 0.25) is 11.8 Å². The van der Waals surface area contributed by atoms with E-state index in [1.165, 1.54) is 13.2 Å². The van der Waals surface area contributed by atoms with Crippen molar-refractivity contribution in [3.63, 3.8) is 0 Å². The van der Waals surface area contributed by atoms with E-state index in [-0.39, 0.29) is 29.9 Å². The molecular formula is C27H42N4O7. The average molecular weight is 535 g/mol. The van der Waals surface area contributed by atoms with Crippen LogP contribution >= 0.6 is 0 Å². The summed E-state index contributed by atoms with van der Waals surface area (Å²) in [7, 11) is 1.42. The van der Waals surface area contributed by atoms with E-state index in [4.69, 9.17) is 14.0 Å². The summed E-state index contributed by atoms with van der Waals surface area (Å²) >= 11 is 0. The van der Waals surface area contributed by atoms with Crippen LogP contribution in [-0.4, -0.2) is 72.7 Å². The van der Waals surface area contributed by atoms with Crippen LogP contribution < -0.4 is 16.0 Å². The number of hydrogen-bond donors (Lipinski definition) is 3. The Morgan fingerprint density at radius 3 is 2.24 bits per heavy atom. The van der Waals surface area contributed by atoms with Crippen LogP contribution in [0.25, 0.3) is 0 Å². The fraction of sp³-hybridized carbons (Fsp3) is 0.741. The first-order chi connectivity index (χ1) is 18.0. The summed E-state index contributed by atoms with van der Waals surface area (Å²) < 4.78 is 15.5. The number of epoxide rings is 1. The molecule has 212 valence electrons. The van der Waals surface area contributed by atoms with Gasteiger partial charge in [0.1, 0.15) is 23.4 Å². The number of amides is 3. The van der Waals surface area contributed by atoms with Gasteiger partial charge in [-0.2, -0.15) is 0 Å². The monoisotopic (exact) mass is 534 g/mol. The third kappa shape index (κ3) is 8.36. The Kier molecular flexibility index (Phi) is 10.4. The van der Waals surface area contributed by atoms with Gasteiger partial charge in [0, 0.05) is 13.2 Å². The fourth-order valence-electron chi connectivity index (χ4n) is 4.91. The number of aryl methyl sites for hydroxylation is 1. The predicted molar refractivity (Wildman–Crippen MR) is 138 cm³/mol. The molecule has 3 rings (SSSR count). The standard InChI is InChI=1S/C27H42N4O7/c1-16(2)11-19(23(32)27(4)15-37-27)28-24(33)20(13-18-9-7-6-8-10-18)29-26(35)22(14-36-5)30-25(34)21-12-17(3)38-31-21/h12,16,18-20,22H,6-11,13-15H2,1-5H3,(H,28,33)(H,29,35)(H,30,34)/t19-,20-,22-,27-/m0/s1. The van der Waals surface area contributed by atoms with Crippen LogP contribution in [0.1, 0.15) is 82.0 Å². The highest BCUT2D eigenvalue weighted by Crippen LogP contribution is 2.30. The number of hydrogen-bond acceptors (Lipinski definition) is 8. The average Bonchev–Trinajstić information content (AvgIpc) is 3.48. The molecule has 1 aromatic heterocycles. The van der Waals surface area contributed by atoms with Crippen LogP contribution in [0.5, 0.6) is 0 Å². The molecule has 38 heavy (non-hydrogen) atoms. The lowest BCUT2D eigenvalue weighted by molar-refractivity contribution is -0.134. The topological polar surface area (TPSA) is 152 Å². The minimum Gasteiger partial charge on any atom is -0.382 e. The molecule has 3 amide bonds. The molecule has 1 saturated heterocycles. The molecule has 1 aliphatic heterocycles. The van der Waals surface area contributed by atoms with E-state index in [9.17, 15) is 19.2 Å². The Bertz CT molecular complexity index is 982. The van der Waals surface area contributed by atoms with Crippen molar-refractivity contribution in [3.05, 3.63) is 17.5 Å². The van der Waals surface area contributed by atoms with Crippen LogP contribution in [0.2, 0.25) is 0 Å². The highest BCUT2D eigenvalue weighted by Gasteiger charge is 2.50. The Balaban J connectivity index is 1.74. The third-order valence-electron chi connectivity index (χ3n) is 7.18. The summed E-state index contributed by atoms with van der Waals surface area (Å²) in [6, 6.07) is -1.18. The lowest BCUT2D eigenvalue weighted by Gasteiger charge is -2.29. The third-order valence-corrected chi connectivity index (χ3v) is 7.18. The molecule has 11 heteroatoms. The largest absolute Gasteiger partial charge is 0.382 e. The second-order valence-electron chi connectivity index (χ2n) is 11.2. The lowest BCUT2D eigenvalue weighted by Crippen LogP contribution is -2.58. The van der Waals surface area contributed by atoms with E-state index in [0.717, 1.165) is 32.1 Å². The van der Waals surface area contributed by atoms with Gasteiger partial charge in [0.25, 0.3) is 5.91 Å². The summed E-state index contributed by atoms with van der Waals surface area (Å²) in [4.78, 5) is 52.6. The van der Waals surface area contributed by atoms with E-state index in [1.54, 1.807) is 13.8 Å². The second-order valence-corrected chi connectivity index (χ2v) is 11.2. The molecule has 2 heterocycles. The van der Waals surface area contributed by atoms with Gasteiger partial charge in [-0.15, -0.1) is 0 Å². The van der Waals surface area contributed by atoms with Gasteiger partial charge in [-0.1, -0.05) is 51.1 Å². The van der Waals surface area contributed by atoms with Crippen LogP contribution in [0.15, 0.2) is 10.6 Å². The van der Waals surface area contributed by atoms with Crippen molar-refractivity contribution >= 4 is 23.5 Å². The first kappa shape index (κ1) is 29.8. The van der Waals surface area contributed by atoms with E-state index < -0.39 is 41.4 Å². The molecule has 0 bridgehead atoms. The van der Waals surface area contributed by atoms with Crippen LogP contribution in [-0.2, 0) is 23.9 Å². The number of carbonyl (C=O) groups is 4. The van der Waals surface area contributed by atoms with Gasteiger partial charge in [-0.05, 0) is 38.5 Å². The van der Waals surface area contributed by atoms with Gasteiger partial charge < -0.3 is 29.9 Å². The van der Waals surface area contributed by atoms with Crippen molar-refractivity contribution in [2.75, 3.05) is 20.3 Å². The van der Waals surface area contributed by atoms with E-state index in [0.29, 0.717) is 25.2 Å². The molecule has 0 aromatic carbocycles. The summed E-state index contributed by atoms with van der Waals surface area (Å²) in [6.07, 6.45) is 6.18. The van der Waals surface area contributed by atoms with Gasteiger partial charge in [0.15, 0.2) is 11.5 Å². The van der Waals surface area contributed by atoms with Crippen molar-refractivity contribution in [1.82, 2.24) is 21.1 Å². The Morgan fingerprint density at radius 1 is 1.05 bits per heavy atom. The Morgan fingerprint density at radius 2 is 1.68 bits per heavy atom. The number of ketones is 1.